The van der Waals surface area contributed by atoms with Gasteiger partial charge in [-0.1, -0.05) is 0 Å². The van der Waals surface area contributed by atoms with Crippen molar-refractivity contribution in [1.82, 2.24) is 9.97 Å². The summed E-state index contributed by atoms with van der Waals surface area (Å²) in [4.78, 5) is 10.5. The fraction of sp³-hybridized carbons (Fsp3) is 0.556. The molecule has 0 bridgehead atoms. The summed E-state index contributed by atoms with van der Waals surface area (Å²) in [7, 11) is 0. The van der Waals surface area contributed by atoms with Crippen LogP contribution in [-0.2, 0) is 0 Å². The van der Waals surface area contributed by atoms with Crippen molar-refractivity contribution < 1.29 is 0 Å². The molecule has 0 unspecified atom stereocenters. The fourth-order valence-corrected chi connectivity index (χ4v) is 1.10. The molecule has 1 aromatic heterocycles. The van der Waals surface area contributed by atoms with Crippen LogP contribution in [0.4, 0.5) is 11.8 Å². The summed E-state index contributed by atoms with van der Waals surface area (Å²) in [6.45, 7) is 7.85. The highest BCUT2D eigenvalue weighted by molar-refractivity contribution is 5.43. The minimum atomic E-state index is 0.567. The van der Waals surface area contributed by atoms with Crippen LogP contribution in [-0.4, -0.2) is 23.1 Å². The van der Waals surface area contributed by atoms with Crippen molar-refractivity contribution in [1.29, 1.82) is 0 Å². The summed E-state index contributed by atoms with van der Waals surface area (Å²) < 4.78 is 0. The maximum absolute atomic E-state index is 5.69. The lowest BCUT2D eigenvalue weighted by Crippen LogP contribution is -2.24. The van der Waals surface area contributed by atoms with Crippen molar-refractivity contribution in [3.63, 3.8) is 0 Å². The molecule has 72 valence electrons. The van der Waals surface area contributed by atoms with E-state index < -0.39 is 0 Å². The molecule has 0 saturated carbocycles. The molecule has 0 aliphatic carbocycles. The Morgan fingerprint density at radius 2 is 2.00 bits per heavy atom. The SMILES string of the molecule is CCN(CC)c1ncc(C)c(N)n1. The average molecular weight is 180 g/mol. The van der Waals surface area contributed by atoms with Crippen molar-refractivity contribution in [2.24, 2.45) is 0 Å². The number of hydrogen-bond donors (Lipinski definition) is 1. The van der Waals surface area contributed by atoms with Crippen LogP contribution in [0.25, 0.3) is 0 Å². The topological polar surface area (TPSA) is 55.0 Å². The first kappa shape index (κ1) is 9.77. The first-order chi connectivity index (χ1) is 6.19. The fourth-order valence-electron chi connectivity index (χ4n) is 1.10. The summed E-state index contributed by atoms with van der Waals surface area (Å²) in [6, 6.07) is 0. The summed E-state index contributed by atoms with van der Waals surface area (Å²) in [6.07, 6.45) is 1.76. The van der Waals surface area contributed by atoms with Gasteiger partial charge in [-0.25, -0.2) is 4.98 Å². The van der Waals surface area contributed by atoms with Gasteiger partial charge in [0.1, 0.15) is 5.82 Å². The van der Waals surface area contributed by atoms with E-state index in [0.717, 1.165) is 18.7 Å². The number of nitrogen functional groups attached to an aromatic ring is 1. The Balaban J connectivity index is 2.95. The molecule has 1 heterocycles. The van der Waals surface area contributed by atoms with Gasteiger partial charge in [0.25, 0.3) is 0 Å². The second-order valence-corrected chi connectivity index (χ2v) is 2.91. The Morgan fingerprint density at radius 3 is 2.46 bits per heavy atom. The van der Waals surface area contributed by atoms with Gasteiger partial charge in [0.2, 0.25) is 5.95 Å². The van der Waals surface area contributed by atoms with Crippen LogP contribution in [0.3, 0.4) is 0 Å². The van der Waals surface area contributed by atoms with Crippen molar-refractivity contribution in [2.45, 2.75) is 20.8 Å². The van der Waals surface area contributed by atoms with Gasteiger partial charge in [0.05, 0.1) is 0 Å². The third-order valence-corrected chi connectivity index (χ3v) is 2.04. The summed E-state index contributed by atoms with van der Waals surface area (Å²) in [5.41, 5.74) is 6.62. The zero-order valence-electron chi connectivity index (χ0n) is 8.41. The van der Waals surface area contributed by atoms with Gasteiger partial charge < -0.3 is 10.6 Å². The normalized spacial score (nSPS) is 10.1. The van der Waals surface area contributed by atoms with E-state index in [9.17, 15) is 0 Å². The lowest BCUT2D eigenvalue weighted by atomic mass is 10.3. The van der Waals surface area contributed by atoms with Gasteiger partial charge in [-0.05, 0) is 20.8 Å². The quantitative estimate of drug-likeness (QED) is 0.759. The summed E-state index contributed by atoms with van der Waals surface area (Å²) in [5.74, 6) is 1.28. The van der Waals surface area contributed by atoms with Crippen LogP contribution >= 0.6 is 0 Å². The molecule has 0 aromatic carbocycles. The van der Waals surface area contributed by atoms with Crippen LogP contribution in [0.2, 0.25) is 0 Å². The Morgan fingerprint density at radius 1 is 1.38 bits per heavy atom. The van der Waals surface area contributed by atoms with Crippen LogP contribution in [0.15, 0.2) is 6.20 Å². The molecule has 13 heavy (non-hydrogen) atoms. The number of aryl methyl sites for hydroxylation is 1. The van der Waals surface area contributed by atoms with Crippen LogP contribution in [0.5, 0.6) is 0 Å². The molecule has 0 radical (unpaired) electrons. The molecule has 0 saturated heterocycles. The van der Waals surface area contributed by atoms with Crippen molar-refractivity contribution >= 4 is 11.8 Å². The van der Waals surface area contributed by atoms with Crippen LogP contribution < -0.4 is 10.6 Å². The third-order valence-electron chi connectivity index (χ3n) is 2.04. The van der Waals surface area contributed by atoms with Gasteiger partial charge in [-0.2, -0.15) is 4.98 Å². The number of aromatic nitrogens is 2. The Bertz CT molecular complexity index is 281. The highest BCUT2D eigenvalue weighted by Gasteiger charge is 2.05. The first-order valence-electron chi connectivity index (χ1n) is 4.53. The predicted molar refractivity (Wildman–Crippen MR) is 54.7 cm³/mol. The number of hydrogen-bond acceptors (Lipinski definition) is 4. The Kier molecular flexibility index (Phi) is 3.06. The largest absolute Gasteiger partial charge is 0.383 e. The van der Waals surface area contributed by atoms with E-state index in [0.29, 0.717) is 11.8 Å². The van der Waals surface area contributed by atoms with E-state index in [1.54, 1.807) is 6.20 Å². The van der Waals surface area contributed by atoms with E-state index in [1.165, 1.54) is 0 Å². The van der Waals surface area contributed by atoms with Crippen molar-refractivity contribution in [2.75, 3.05) is 23.7 Å². The molecular formula is C9H16N4. The molecule has 0 atom stereocenters. The van der Waals surface area contributed by atoms with E-state index in [2.05, 4.69) is 28.7 Å². The van der Waals surface area contributed by atoms with Crippen LogP contribution in [0, 0.1) is 6.92 Å². The predicted octanol–water partition coefficient (Wildman–Crippen LogP) is 1.21. The van der Waals surface area contributed by atoms with Crippen molar-refractivity contribution in [3.05, 3.63) is 11.8 Å². The zero-order chi connectivity index (χ0) is 9.84. The number of nitrogens with two attached hydrogens (primary N) is 1. The summed E-state index contributed by atoms with van der Waals surface area (Å²) >= 11 is 0. The van der Waals surface area contributed by atoms with Gasteiger partial charge in [-0.3, -0.25) is 0 Å². The molecule has 0 spiro atoms. The molecule has 4 heteroatoms. The zero-order valence-corrected chi connectivity index (χ0v) is 8.41. The van der Waals surface area contributed by atoms with Gasteiger partial charge >= 0.3 is 0 Å². The van der Waals surface area contributed by atoms with Crippen LogP contribution in [0.1, 0.15) is 19.4 Å². The lowest BCUT2D eigenvalue weighted by Gasteiger charge is -2.18. The number of nitrogens with zero attached hydrogens (tertiary/aromatic N) is 3. The second-order valence-electron chi connectivity index (χ2n) is 2.91. The molecule has 1 aromatic rings. The number of rotatable bonds is 3. The van der Waals surface area contributed by atoms with E-state index in [-0.39, 0.29) is 0 Å². The smallest absolute Gasteiger partial charge is 0.227 e. The highest BCUT2D eigenvalue weighted by Crippen LogP contribution is 2.11. The molecule has 0 aliphatic rings. The Labute approximate surface area is 78.8 Å². The van der Waals surface area contributed by atoms with Crippen molar-refractivity contribution in [3.8, 4) is 0 Å². The molecule has 0 amide bonds. The molecule has 2 N–H and O–H groups in total. The molecule has 4 nitrogen and oxygen atoms in total. The summed E-state index contributed by atoms with van der Waals surface area (Å²) in [5, 5.41) is 0. The maximum atomic E-state index is 5.69. The monoisotopic (exact) mass is 180 g/mol. The van der Waals surface area contributed by atoms with Gasteiger partial charge in [-0.15, -0.1) is 0 Å². The molecule has 0 aliphatic heterocycles. The maximum Gasteiger partial charge on any atom is 0.227 e. The third kappa shape index (κ3) is 2.08. The lowest BCUT2D eigenvalue weighted by molar-refractivity contribution is 0.821. The van der Waals surface area contributed by atoms with Gasteiger partial charge in [0.15, 0.2) is 0 Å². The minimum Gasteiger partial charge on any atom is -0.383 e. The molecule has 0 fully saturated rings. The highest BCUT2D eigenvalue weighted by atomic mass is 15.2. The van der Waals surface area contributed by atoms with E-state index in [1.807, 2.05) is 6.92 Å². The Hall–Kier alpha value is -1.32. The average Bonchev–Trinajstić information content (AvgIpc) is 2.13. The second kappa shape index (κ2) is 4.07. The molecular weight excluding hydrogens is 164 g/mol. The van der Waals surface area contributed by atoms with E-state index in [4.69, 9.17) is 5.73 Å². The minimum absolute atomic E-state index is 0.567. The first-order valence-corrected chi connectivity index (χ1v) is 4.53. The number of anilines is 2. The standard InChI is InChI=1S/C9H16N4/c1-4-13(5-2)9-11-6-7(3)8(10)12-9/h6H,4-5H2,1-3H3,(H2,10,11,12). The molecule has 1 rings (SSSR count). The van der Waals surface area contributed by atoms with E-state index >= 15 is 0 Å². The van der Waals surface area contributed by atoms with Gasteiger partial charge in [0, 0.05) is 24.8 Å².